The summed E-state index contributed by atoms with van der Waals surface area (Å²) in [5.74, 6) is -1.90. The second kappa shape index (κ2) is 4.05. The van der Waals surface area contributed by atoms with E-state index < -0.39 is 11.9 Å². The van der Waals surface area contributed by atoms with Crippen LogP contribution in [0.2, 0.25) is 0 Å². The zero-order valence-electron chi connectivity index (χ0n) is 5.13. The van der Waals surface area contributed by atoms with Crippen molar-refractivity contribution in [1.82, 2.24) is 0 Å². The van der Waals surface area contributed by atoms with Gasteiger partial charge in [0.15, 0.2) is 0 Å². The van der Waals surface area contributed by atoms with Gasteiger partial charge in [0.1, 0.15) is 4.48 Å². The van der Waals surface area contributed by atoms with Crippen molar-refractivity contribution in [3.63, 3.8) is 0 Å². The molecule has 0 saturated carbocycles. The van der Waals surface area contributed by atoms with E-state index in [1.807, 2.05) is 0 Å². The predicted octanol–water partition coefficient (Wildman–Crippen LogP) is 0.523. The fourth-order valence-electron chi connectivity index (χ4n) is 0.265. The Kier molecular flexibility index (Phi) is 3.71. The number of ether oxygens (including phenoxy) is 1. The first kappa shape index (κ1) is 9.16. The molecule has 0 aromatic carbocycles. The van der Waals surface area contributed by atoms with E-state index in [-0.39, 0.29) is 4.48 Å². The van der Waals surface area contributed by atoms with Crippen molar-refractivity contribution in [2.24, 2.45) is 0 Å². The maximum absolute atomic E-state index is 10.4. The zero-order chi connectivity index (χ0) is 8.15. The molecule has 1 N–H and O–H groups in total. The molecule has 0 aromatic rings. The number of aliphatic carboxylic acids is 1. The number of carbonyl (C=O) groups is 2. The SMILES string of the molecule is COC(=O)C(Br)=CC(=O)O. The van der Waals surface area contributed by atoms with Gasteiger partial charge in [0.25, 0.3) is 0 Å². The molecule has 0 spiro atoms. The third kappa shape index (κ3) is 3.24. The van der Waals surface area contributed by atoms with Crippen LogP contribution in [0.15, 0.2) is 10.6 Å². The number of carbonyl (C=O) groups excluding carboxylic acids is 1. The largest absolute Gasteiger partial charge is 0.478 e. The Labute approximate surface area is 65.6 Å². The maximum atomic E-state index is 10.4. The van der Waals surface area contributed by atoms with Crippen molar-refractivity contribution < 1.29 is 19.4 Å². The molecule has 0 amide bonds. The Morgan fingerprint density at radius 1 is 1.60 bits per heavy atom. The highest BCUT2D eigenvalue weighted by Crippen LogP contribution is 2.05. The van der Waals surface area contributed by atoms with Gasteiger partial charge in [-0.05, 0) is 15.9 Å². The smallest absolute Gasteiger partial charge is 0.345 e. The van der Waals surface area contributed by atoms with Gasteiger partial charge in [0, 0.05) is 6.08 Å². The molecule has 0 fully saturated rings. The minimum atomic E-state index is -1.20. The van der Waals surface area contributed by atoms with Gasteiger partial charge >= 0.3 is 11.9 Å². The second-order valence-electron chi connectivity index (χ2n) is 1.32. The topological polar surface area (TPSA) is 63.6 Å². The summed E-state index contributed by atoms with van der Waals surface area (Å²) in [6, 6.07) is 0. The van der Waals surface area contributed by atoms with Crippen molar-refractivity contribution in [2.75, 3.05) is 7.11 Å². The molecule has 0 heterocycles. The normalized spacial score (nSPS) is 10.8. The quantitative estimate of drug-likeness (QED) is 0.531. The van der Waals surface area contributed by atoms with E-state index in [0.29, 0.717) is 6.08 Å². The molecule has 0 bridgehead atoms. The molecule has 0 saturated heterocycles. The molecule has 10 heavy (non-hydrogen) atoms. The lowest BCUT2D eigenvalue weighted by Crippen LogP contribution is -2.01. The molecule has 0 unspecified atom stereocenters. The molecule has 5 heteroatoms. The van der Waals surface area contributed by atoms with E-state index in [4.69, 9.17) is 5.11 Å². The van der Waals surface area contributed by atoms with Gasteiger partial charge in [-0.15, -0.1) is 0 Å². The van der Waals surface area contributed by atoms with Crippen molar-refractivity contribution in [2.45, 2.75) is 0 Å². The molecule has 4 nitrogen and oxygen atoms in total. The molecule has 0 atom stereocenters. The Bertz CT molecular complexity index is 184. The summed E-state index contributed by atoms with van der Waals surface area (Å²) in [6.45, 7) is 0. The highest BCUT2D eigenvalue weighted by Gasteiger charge is 2.06. The molecular weight excluding hydrogens is 204 g/mol. The van der Waals surface area contributed by atoms with Crippen LogP contribution in [0, 0.1) is 0 Å². The Morgan fingerprint density at radius 2 is 2.10 bits per heavy atom. The highest BCUT2D eigenvalue weighted by molar-refractivity contribution is 9.12. The number of methoxy groups -OCH3 is 1. The van der Waals surface area contributed by atoms with Crippen LogP contribution in [-0.2, 0) is 14.3 Å². The lowest BCUT2D eigenvalue weighted by molar-refractivity contribution is -0.136. The lowest BCUT2D eigenvalue weighted by Gasteiger charge is -1.92. The molecule has 0 aliphatic carbocycles. The van der Waals surface area contributed by atoms with Gasteiger partial charge in [-0.2, -0.15) is 0 Å². The minimum Gasteiger partial charge on any atom is -0.478 e. The first-order chi connectivity index (χ1) is 4.57. The van der Waals surface area contributed by atoms with Crippen LogP contribution in [0.1, 0.15) is 0 Å². The first-order valence-corrected chi connectivity index (χ1v) is 3.05. The van der Waals surface area contributed by atoms with Crippen LogP contribution in [0.25, 0.3) is 0 Å². The number of carboxylic acid groups (broad SMARTS) is 1. The average molecular weight is 209 g/mol. The fraction of sp³-hybridized carbons (Fsp3) is 0.200. The van der Waals surface area contributed by atoms with Gasteiger partial charge in [-0.3, -0.25) is 0 Å². The van der Waals surface area contributed by atoms with Gasteiger partial charge in [-0.1, -0.05) is 0 Å². The van der Waals surface area contributed by atoms with E-state index in [1.54, 1.807) is 0 Å². The van der Waals surface area contributed by atoms with Crippen LogP contribution in [-0.4, -0.2) is 24.2 Å². The van der Waals surface area contributed by atoms with Crippen LogP contribution in [0.3, 0.4) is 0 Å². The number of esters is 1. The van der Waals surface area contributed by atoms with Crippen LogP contribution < -0.4 is 0 Å². The number of carboxylic acids is 1. The summed E-state index contributed by atoms with van der Waals surface area (Å²) in [6.07, 6.45) is 0.714. The summed E-state index contributed by atoms with van der Waals surface area (Å²) in [7, 11) is 1.17. The van der Waals surface area contributed by atoms with Crippen molar-refractivity contribution in [3.8, 4) is 0 Å². The average Bonchev–Trinajstić information content (AvgIpc) is 1.85. The first-order valence-electron chi connectivity index (χ1n) is 2.26. The van der Waals surface area contributed by atoms with Gasteiger partial charge in [0.05, 0.1) is 7.11 Å². The van der Waals surface area contributed by atoms with Crippen molar-refractivity contribution in [3.05, 3.63) is 10.6 Å². The molecule has 0 aliphatic heterocycles. The predicted molar refractivity (Wildman–Crippen MR) is 36.7 cm³/mol. The van der Waals surface area contributed by atoms with E-state index >= 15 is 0 Å². The minimum absolute atomic E-state index is 0.109. The summed E-state index contributed by atoms with van der Waals surface area (Å²) in [4.78, 5) is 20.4. The van der Waals surface area contributed by atoms with E-state index in [2.05, 4.69) is 20.7 Å². The monoisotopic (exact) mass is 208 g/mol. The molecule has 0 radical (unpaired) electrons. The van der Waals surface area contributed by atoms with Crippen LogP contribution in [0.4, 0.5) is 0 Å². The molecule has 0 aromatic heterocycles. The fourth-order valence-corrected chi connectivity index (χ4v) is 0.623. The third-order valence-corrected chi connectivity index (χ3v) is 1.18. The molecule has 0 aliphatic rings. The summed E-state index contributed by atoms with van der Waals surface area (Å²) >= 11 is 2.71. The third-order valence-electron chi connectivity index (χ3n) is 0.631. The van der Waals surface area contributed by atoms with Crippen molar-refractivity contribution >= 4 is 27.9 Å². The second-order valence-corrected chi connectivity index (χ2v) is 2.18. The highest BCUT2D eigenvalue weighted by atomic mass is 79.9. The van der Waals surface area contributed by atoms with E-state index in [0.717, 1.165) is 0 Å². The van der Waals surface area contributed by atoms with Gasteiger partial charge in [0.2, 0.25) is 0 Å². The van der Waals surface area contributed by atoms with Gasteiger partial charge < -0.3 is 9.84 Å². The van der Waals surface area contributed by atoms with E-state index in [1.165, 1.54) is 7.11 Å². The molecule has 0 rings (SSSR count). The number of rotatable bonds is 2. The summed E-state index contributed by atoms with van der Waals surface area (Å²) in [5, 5.41) is 8.11. The standard InChI is InChI=1S/C5H5BrO4/c1-10-5(9)3(6)2-4(7)8/h2H,1H3,(H,7,8). The zero-order valence-corrected chi connectivity index (χ0v) is 6.71. The van der Waals surface area contributed by atoms with E-state index in [9.17, 15) is 9.59 Å². The Balaban J connectivity index is 4.19. The number of halogens is 1. The molecule has 56 valence electrons. The maximum Gasteiger partial charge on any atom is 0.345 e. The van der Waals surface area contributed by atoms with Gasteiger partial charge in [-0.25, -0.2) is 9.59 Å². The Hall–Kier alpha value is -0.840. The number of hydrogen-bond donors (Lipinski definition) is 1. The summed E-state index contributed by atoms with van der Waals surface area (Å²) < 4.78 is 4.09. The van der Waals surface area contributed by atoms with Crippen LogP contribution >= 0.6 is 15.9 Å². The lowest BCUT2D eigenvalue weighted by atomic mass is 10.5. The summed E-state index contributed by atoms with van der Waals surface area (Å²) in [5.41, 5.74) is 0. The number of hydrogen-bond acceptors (Lipinski definition) is 3. The van der Waals surface area contributed by atoms with Crippen molar-refractivity contribution in [1.29, 1.82) is 0 Å². The Morgan fingerprint density at radius 3 is 2.40 bits per heavy atom. The molecular formula is C5H5BrO4. The van der Waals surface area contributed by atoms with Crippen LogP contribution in [0.5, 0.6) is 0 Å².